The van der Waals surface area contributed by atoms with E-state index < -0.39 is 11.6 Å². The normalized spacial score (nSPS) is 18.9. The summed E-state index contributed by atoms with van der Waals surface area (Å²) in [6, 6.07) is 3.86. The van der Waals surface area contributed by atoms with Gasteiger partial charge in [-0.15, -0.1) is 0 Å². The van der Waals surface area contributed by atoms with Gasteiger partial charge in [-0.3, -0.25) is 0 Å². The molecule has 0 spiro atoms. The molecule has 0 aliphatic heterocycles. The molecule has 1 aromatic carbocycles. The lowest BCUT2D eigenvalue weighted by Gasteiger charge is -2.23. The Bertz CT molecular complexity index is 339. The lowest BCUT2D eigenvalue weighted by Crippen LogP contribution is -2.23. The fourth-order valence-corrected chi connectivity index (χ4v) is 2.72. The first-order chi connectivity index (χ1) is 7.70. The van der Waals surface area contributed by atoms with Gasteiger partial charge in [-0.1, -0.05) is 12.8 Å². The topological polar surface area (TPSA) is 12.0 Å². The Kier molecular flexibility index (Phi) is 3.54. The van der Waals surface area contributed by atoms with Crippen LogP contribution in [0.3, 0.4) is 0 Å². The Morgan fingerprint density at radius 2 is 1.69 bits per heavy atom. The molecule has 0 amide bonds. The number of hydrogen-bond acceptors (Lipinski definition) is 1. The maximum Gasteiger partial charge on any atom is 0.126 e. The van der Waals surface area contributed by atoms with E-state index in [4.69, 9.17) is 0 Å². The van der Waals surface area contributed by atoms with Gasteiger partial charge in [-0.2, -0.15) is 0 Å². The largest absolute Gasteiger partial charge is 0.313 e. The lowest BCUT2D eigenvalue weighted by molar-refractivity contribution is 0.387. The second kappa shape index (κ2) is 4.91. The molecular weight excluding hydrogens is 208 g/mol. The molecule has 16 heavy (non-hydrogen) atoms. The first kappa shape index (κ1) is 11.5. The van der Waals surface area contributed by atoms with Crippen LogP contribution in [0.2, 0.25) is 0 Å². The summed E-state index contributed by atoms with van der Waals surface area (Å²) in [5, 5.41) is 3.18. The van der Waals surface area contributed by atoms with Gasteiger partial charge < -0.3 is 5.32 Å². The number of rotatable bonds is 3. The van der Waals surface area contributed by atoms with Crippen molar-refractivity contribution in [2.24, 2.45) is 5.92 Å². The molecule has 1 fully saturated rings. The summed E-state index contributed by atoms with van der Waals surface area (Å²) in [5.41, 5.74) is 0.729. The lowest BCUT2D eigenvalue weighted by atomic mass is 9.92. The van der Waals surface area contributed by atoms with E-state index in [0.717, 1.165) is 24.5 Å². The Morgan fingerprint density at radius 3 is 2.19 bits per heavy atom. The fourth-order valence-electron chi connectivity index (χ4n) is 2.72. The van der Waals surface area contributed by atoms with Gasteiger partial charge in [0.2, 0.25) is 0 Å². The van der Waals surface area contributed by atoms with Crippen LogP contribution in [-0.4, -0.2) is 7.05 Å². The van der Waals surface area contributed by atoms with E-state index in [-0.39, 0.29) is 6.04 Å². The van der Waals surface area contributed by atoms with Crippen molar-refractivity contribution in [3.8, 4) is 0 Å². The summed E-state index contributed by atoms with van der Waals surface area (Å²) in [5.74, 6) is -0.479. The highest BCUT2D eigenvalue weighted by molar-refractivity contribution is 5.22. The molecule has 1 aromatic rings. The fraction of sp³-hybridized carbons (Fsp3) is 0.538. The zero-order valence-corrected chi connectivity index (χ0v) is 9.47. The predicted octanol–water partition coefficient (Wildman–Crippen LogP) is 3.42. The molecule has 1 N–H and O–H groups in total. The van der Waals surface area contributed by atoms with Crippen LogP contribution in [0, 0.1) is 17.6 Å². The highest BCUT2D eigenvalue weighted by Crippen LogP contribution is 2.35. The number of halogens is 2. The van der Waals surface area contributed by atoms with Crippen LogP contribution in [0.5, 0.6) is 0 Å². The molecule has 88 valence electrons. The molecule has 1 unspecified atom stereocenters. The molecule has 0 aromatic heterocycles. The van der Waals surface area contributed by atoms with Crippen molar-refractivity contribution in [3.63, 3.8) is 0 Å². The summed E-state index contributed by atoms with van der Waals surface area (Å²) >= 11 is 0. The number of hydrogen-bond donors (Lipinski definition) is 1. The third-order valence-electron chi connectivity index (χ3n) is 3.43. The highest BCUT2D eigenvalue weighted by Gasteiger charge is 2.25. The summed E-state index contributed by atoms with van der Waals surface area (Å²) in [6.45, 7) is 0. The zero-order chi connectivity index (χ0) is 11.5. The number of nitrogens with one attached hydrogen (secondary N) is 1. The number of benzene rings is 1. The third-order valence-corrected chi connectivity index (χ3v) is 3.43. The minimum atomic E-state index is -0.492. The van der Waals surface area contributed by atoms with E-state index in [1.165, 1.54) is 25.0 Å². The molecule has 2 rings (SSSR count). The molecule has 1 aliphatic carbocycles. The van der Waals surface area contributed by atoms with E-state index in [0.29, 0.717) is 5.92 Å². The molecule has 0 radical (unpaired) electrons. The van der Waals surface area contributed by atoms with Crippen LogP contribution in [0.25, 0.3) is 0 Å². The molecule has 1 saturated carbocycles. The standard InChI is InChI=1S/C13H17F2N/c1-16-13(9-4-2-3-5-9)10-6-11(14)8-12(15)7-10/h6-9,13,16H,2-5H2,1H3. The van der Waals surface area contributed by atoms with E-state index in [1.807, 2.05) is 7.05 Å². The molecule has 0 heterocycles. The average molecular weight is 225 g/mol. The molecule has 3 heteroatoms. The first-order valence-corrected chi connectivity index (χ1v) is 5.84. The van der Waals surface area contributed by atoms with Crippen molar-refractivity contribution in [2.75, 3.05) is 7.05 Å². The Hall–Kier alpha value is -0.960. The van der Waals surface area contributed by atoms with Gasteiger partial charge in [0.1, 0.15) is 11.6 Å². The summed E-state index contributed by atoms with van der Waals surface area (Å²) < 4.78 is 26.3. The Balaban J connectivity index is 2.24. The van der Waals surface area contributed by atoms with Crippen LogP contribution in [0.1, 0.15) is 37.3 Å². The van der Waals surface area contributed by atoms with Crippen molar-refractivity contribution >= 4 is 0 Å². The van der Waals surface area contributed by atoms with Crippen LogP contribution < -0.4 is 5.32 Å². The molecule has 0 saturated heterocycles. The van der Waals surface area contributed by atoms with Gasteiger partial charge in [0.05, 0.1) is 0 Å². The second-order valence-corrected chi connectivity index (χ2v) is 4.51. The predicted molar refractivity (Wildman–Crippen MR) is 60.1 cm³/mol. The van der Waals surface area contributed by atoms with Gasteiger partial charge in [-0.05, 0) is 43.5 Å². The van der Waals surface area contributed by atoms with E-state index in [1.54, 1.807) is 0 Å². The Labute approximate surface area is 94.9 Å². The SMILES string of the molecule is CNC(c1cc(F)cc(F)c1)C1CCCC1. The molecule has 1 aliphatic rings. The van der Waals surface area contributed by atoms with Gasteiger partial charge in [-0.25, -0.2) is 8.78 Å². The summed E-state index contributed by atoms with van der Waals surface area (Å²) in [6.07, 6.45) is 4.73. The average Bonchev–Trinajstić information content (AvgIpc) is 2.70. The van der Waals surface area contributed by atoms with Gasteiger partial charge in [0.15, 0.2) is 0 Å². The van der Waals surface area contributed by atoms with E-state index in [2.05, 4.69) is 5.32 Å². The zero-order valence-electron chi connectivity index (χ0n) is 9.47. The maximum absolute atomic E-state index is 13.1. The third kappa shape index (κ3) is 2.40. The van der Waals surface area contributed by atoms with Crippen LogP contribution >= 0.6 is 0 Å². The van der Waals surface area contributed by atoms with Crippen molar-refractivity contribution in [1.82, 2.24) is 5.32 Å². The van der Waals surface area contributed by atoms with E-state index in [9.17, 15) is 8.78 Å². The van der Waals surface area contributed by atoms with Crippen LogP contribution in [0.4, 0.5) is 8.78 Å². The highest BCUT2D eigenvalue weighted by atomic mass is 19.1. The van der Waals surface area contributed by atoms with Crippen molar-refractivity contribution < 1.29 is 8.78 Å². The van der Waals surface area contributed by atoms with Crippen molar-refractivity contribution in [2.45, 2.75) is 31.7 Å². The smallest absolute Gasteiger partial charge is 0.126 e. The minimum absolute atomic E-state index is 0.0766. The minimum Gasteiger partial charge on any atom is -0.313 e. The van der Waals surface area contributed by atoms with E-state index >= 15 is 0 Å². The monoisotopic (exact) mass is 225 g/mol. The van der Waals surface area contributed by atoms with Gasteiger partial charge in [0.25, 0.3) is 0 Å². The quantitative estimate of drug-likeness (QED) is 0.831. The molecule has 1 atom stereocenters. The van der Waals surface area contributed by atoms with Crippen LogP contribution in [0.15, 0.2) is 18.2 Å². The van der Waals surface area contributed by atoms with Crippen molar-refractivity contribution in [1.29, 1.82) is 0 Å². The maximum atomic E-state index is 13.1. The Morgan fingerprint density at radius 1 is 1.12 bits per heavy atom. The summed E-state index contributed by atoms with van der Waals surface area (Å²) in [7, 11) is 1.85. The van der Waals surface area contributed by atoms with Gasteiger partial charge >= 0.3 is 0 Å². The molecular formula is C13H17F2N. The second-order valence-electron chi connectivity index (χ2n) is 4.51. The summed E-state index contributed by atoms with van der Waals surface area (Å²) in [4.78, 5) is 0. The first-order valence-electron chi connectivity index (χ1n) is 5.84. The molecule has 0 bridgehead atoms. The van der Waals surface area contributed by atoms with Crippen molar-refractivity contribution in [3.05, 3.63) is 35.4 Å². The molecule has 1 nitrogen and oxygen atoms in total. The van der Waals surface area contributed by atoms with Crippen LogP contribution in [-0.2, 0) is 0 Å². The van der Waals surface area contributed by atoms with Gasteiger partial charge in [0, 0.05) is 12.1 Å².